The second-order valence-electron chi connectivity index (χ2n) is 16.9. The van der Waals surface area contributed by atoms with Crippen LogP contribution in [0.25, 0.3) is 32.8 Å². The number of thiazole rings is 1. The van der Waals surface area contributed by atoms with E-state index in [9.17, 15) is 24.6 Å². The lowest BCUT2D eigenvalue weighted by Gasteiger charge is -2.37. The fraction of sp³-hybridized carbons (Fsp3) is 0.391. The molecular weight excluding hydrogens is 793 g/mol. The molecule has 320 valence electrons. The quantitative estimate of drug-likeness (QED) is 0.126. The lowest BCUT2D eigenvalue weighted by atomic mass is 9.85. The Balaban J connectivity index is 0.937. The summed E-state index contributed by atoms with van der Waals surface area (Å²) in [5.74, 6) is -0.521. The van der Waals surface area contributed by atoms with Gasteiger partial charge in [0.2, 0.25) is 23.6 Å². The van der Waals surface area contributed by atoms with Crippen LogP contribution in [0.3, 0.4) is 0 Å². The van der Waals surface area contributed by atoms with E-state index >= 15 is 0 Å². The van der Waals surface area contributed by atoms with Gasteiger partial charge in [-0.3, -0.25) is 19.3 Å². The van der Waals surface area contributed by atoms with Crippen LogP contribution in [-0.2, 0) is 14.4 Å². The highest BCUT2D eigenvalue weighted by Crippen LogP contribution is 2.35. The number of aromatic hydroxyl groups is 1. The van der Waals surface area contributed by atoms with E-state index in [4.69, 9.17) is 4.74 Å². The number of ether oxygens (including phenoxy) is 1. The summed E-state index contributed by atoms with van der Waals surface area (Å²) in [6.45, 7) is 12.3. The van der Waals surface area contributed by atoms with Crippen molar-refractivity contribution < 1.29 is 29.3 Å². The maximum Gasteiger partial charge on any atom is 0.246 e. The van der Waals surface area contributed by atoms with Crippen LogP contribution >= 0.6 is 11.3 Å². The summed E-state index contributed by atoms with van der Waals surface area (Å²) >= 11 is 1.58. The summed E-state index contributed by atoms with van der Waals surface area (Å²) in [7, 11) is 1.55. The van der Waals surface area contributed by atoms with Crippen molar-refractivity contribution in [2.75, 3.05) is 51.3 Å². The molecule has 14 nitrogen and oxygen atoms in total. The van der Waals surface area contributed by atoms with Crippen LogP contribution in [0, 0.1) is 12.3 Å². The molecule has 61 heavy (non-hydrogen) atoms. The Hall–Kier alpha value is -5.90. The number of aryl methyl sites for hydroxylation is 1. The highest BCUT2D eigenvalue weighted by Gasteiger charge is 2.45. The van der Waals surface area contributed by atoms with Crippen LogP contribution < -0.4 is 20.3 Å². The number of aliphatic hydroxyl groups is 1. The molecule has 0 aliphatic carbocycles. The predicted molar refractivity (Wildman–Crippen MR) is 236 cm³/mol. The molecule has 2 fully saturated rings. The van der Waals surface area contributed by atoms with E-state index in [1.54, 1.807) is 36.6 Å². The molecule has 4 atom stereocenters. The number of nitrogens with one attached hydrogen (secondary N) is 2. The molecule has 15 heteroatoms. The van der Waals surface area contributed by atoms with E-state index in [-0.39, 0.29) is 43.1 Å². The number of methoxy groups -OCH3 is 1. The fourth-order valence-corrected chi connectivity index (χ4v) is 8.81. The number of anilines is 1. The summed E-state index contributed by atoms with van der Waals surface area (Å²) in [5, 5.41) is 35.6. The van der Waals surface area contributed by atoms with Crippen LogP contribution in [0.15, 0.2) is 84.4 Å². The number of para-hydroxylation sites is 1. The molecule has 0 radical (unpaired) electrons. The average molecular weight is 847 g/mol. The lowest BCUT2D eigenvalue weighted by molar-refractivity contribution is -0.144. The molecule has 4 N–H and O–H groups in total. The first-order chi connectivity index (χ1) is 29.2. The maximum atomic E-state index is 14.2. The third kappa shape index (κ3) is 9.85. The molecule has 0 saturated carbocycles. The van der Waals surface area contributed by atoms with Crippen LogP contribution in [0.4, 0.5) is 5.69 Å². The molecule has 2 saturated heterocycles. The third-order valence-corrected chi connectivity index (χ3v) is 12.5. The summed E-state index contributed by atoms with van der Waals surface area (Å²) in [6.07, 6.45) is -0.749. The van der Waals surface area contributed by atoms with Gasteiger partial charge in [0.05, 0.1) is 47.6 Å². The topological polar surface area (TPSA) is 173 Å². The van der Waals surface area contributed by atoms with Crippen LogP contribution in [0.5, 0.6) is 11.6 Å². The van der Waals surface area contributed by atoms with Crippen molar-refractivity contribution in [1.82, 2.24) is 35.6 Å². The molecule has 7 rings (SSSR count). The van der Waals surface area contributed by atoms with E-state index in [0.29, 0.717) is 43.3 Å². The Bertz CT molecular complexity index is 2340. The Morgan fingerprint density at radius 1 is 0.918 bits per heavy atom. The SMILES string of the molecule is COc1nnc(-c2ccccc2O)cc1-c1ccc(N2CCN(CC(=O)N[C@H](C(=O)N3C[C@H](O)C[C@H]3C(=O)N[C@@H](C)c3ccc(-c4scnc4C)cc3)C(C)(C)C)CC2)cc1. The highest BCUT2D eigenvalue weighted by atomic mass is 32.1. The number of phenolic OH excluding ortho intramolecular Hbond substituents is 1. The van der Waals surface area contributed by atoms with E-state index in [0.717, 1.165) is 38.5 Å². The number of aromatic nitrogens is 3. The van der Waals surface area contributed by atoms with E-state index in [1.165, 1.54) is 4.90 Å². The van der Waals surface area contributed by atoms with Gasteiger partial charge in [-0.15, -0.1) is 21.5 Å². The number of amides is 3. The van der Waals surface area contributed by atoms with E-state index in [2.05, 4.69) is 35.6 Å². The number of phenols is 1. The summed E-state index contributed by atoms with van der Waals surface area (Å²) in [6, 6.07) is 22.8. The van der Waals surface area contributed by atoms with Crippen molar-refractivity contribution in [3.05, 3.63) is 95.6 Å². The molecule has 0 unspecified atom stereocenters. The Morgan fingerprint density at radius 2 is 1.61 bits per heavy atom. The molecule has 3 amide bonds. The second kappa shape index (κ2) is 18.4. The zero-order chi connectivity index (χ0) is 43.4. The number of aliphatic hydroxyl groups excluding tert-OH is 1. The van der Waals surface area contributed by atoms with Crippen LogP contribution in [0.2, 0.25) is 0 Å². The number of benzene rings is 3. The molecule has 5 aromatic rings. The van der Waals surface area contributed by atoms with Gasteiger partial charge in [-0.05, 0) is 66.3 Å². The average Bonchev–Trinajstić information content (AvgIpc) is 3.87. The van der Waals surface area contributed by atoms with Crippen molar-refractivity contribution in [2.24, 2.45) is 5.41 Å². The molecule has 2 aromatic heterocycles. The van der Waals surface area contributed by atoms with Gasteiger partial charge in [0, 0.05) is 56.0 Å². The van der Waals surface area contributed by atoms with Crippen LogP contribution in [0.1, 0.15) is 51.4 Å². The number of carbonyl (C=O) groups excluding carboxylic acids is 3. The molecule has 2 aliphatic rings. The molecule has 3 aromatic carbocycles. The van der Waals surface area contributed by atoms with Crippen molar-refractivity contribution in [3.8, 4) is 44.5 Å². The number of piperazine rings is 1. The second-order valence-corrected chi connectivity index (χ2v) is 17.7. The van der Waals surface area contributed by atoms with Crippen molar-refractivity contribution in [2.45, 2.75) is 65.3 Å². The highest BCUT2D eigenvalue weighted by molar-refractivity contribution is 7.13. The normalized spacial score (nSPS) is 18.1. The van der Waals surface area contributed by atoms with Crippen LogP contribution in [-0.4, -0.2) is 117 Å². The Kier molecular flexibility index (Phi) is 13.0. The number of β-amino-alcohol motifs (C(OH)–C–C–N with tert-alkyl or cyclic N) is 1. The van der Waals surface area contributed by atoms with Crippen molar-refractivity contribution >= 4 is 34.7 Å². The van der Waals surface area contributed by atoms with Gasteiger partial charge >= 0.3 is 0 Å². The summed E-state index contributed by atoms with van der Waals surface area (Å²) in [4.78, 5) is 52.7. The zero-order valence-corrected chi connectivity index (χ0v) is 36.3. The Labute approximate surface area is 360 Å². The number of likely N-dealkylation sites (tertiary alicyclic amines) is 1. The molecule has 0 spiro atoms. The molecule has 4 heterocycles. The van der Waals surface area contributed by atoms with Gasteiger partial charge in [0.15, 0.2) is 0 Å². The number of nitrogens with zero attached hydrogens (tertiary/aromatic N) is 6. The molecular formula is C46H54N8O6S. The van der Waals surface area contributed by atoms with Gasteiger partial charge in [-0.2, -0.15) is 0 Å². The summed E-state index contributed by atoms with van der Waals surface area (Å²) < 4.78 is 5.52. The smallest absolute Gasteiger partial charge is 0.246 e. The summed E-state index contributed by atoms with van der Waals surface area (Å²) in [5.41, 5.74) is 7.88. The number of hydrogen-bond donors (Lipinski definition) is 4. The predicted octanol–water partition coefficient (Wildman–Crippen LogP) is 5.45. The van der Waals surface area contributed by atoms with Gasteiger partial charge in [0.25, 0.3) is 0 Å². The minimum Gasteiger partial charge on any atom is -0.507 e. The first-order valence-corrected chi connectivity index (χ1v) is 21.4. The third-order valence-electron chi connectivity index (χ3n) is 11.5. The van der Waals surface area contributed by atoms with Gasteiger partial charge in [-0.25, -0.2) is 4.98 Å². The van der Waals surface area contributed by atoms with Crippen molar-refractivity contribution in [1.29, 1.82) is 0 Å². The fourth-order valence-electron chi connectivity index (χ4n) is 8.00. The van der Waals surface area contributed by atoms with E-state index in [1.807, 2.05) is 101 Å². The minimum absolute atomic E-state index is 0.00581. The first kappa shape index (κ1) is 43.2. The molecule has 2 aliphatic heterocycles. The number of hydrogen-bond acceptors (Lipinski definition) is 12. The monoisotopic (exact) mass is 846 g/mol. The van der Waals surface area contributed by atoms with Gasteiger partial charge in [-0.1, -0.05) is 69.3 Å². The number of carbonyl (C=O) groups is 3. The standard InChI is InChI=1S/C46H54N8O6S/c1-28(30-11-13-32(14-12-30)41-29(2)47-27-61-41)48-43(58)38-23-34(55)25-54(38)45(59)42(46(3,4)5)49-40(57)26-52-19-21-53(22-20-52)33-17-15-31(16-18-33)36-24-37(50-51-44(36)60-6)35-9-7-8-10-39(35)56/h7-18,24,27-28,34,38,42,55-56H,19-23,25-26H2,1-6H3,(H,48,58)(H,49,57)/t28-,34+,38-,42+/m0/s1. The Morgan fingerprint density at radius 3 is 2.25 bits per heavy atom. The largest absolute Gasteiger partial charge is 0.507 e. The van der Waals surface area contributed by atoms with Crippen molar-refractivity contribution in [3.63, 3.8) is 0 Å². The number of rotatable bonds is 12. The lowest BCUT2D eigenvalue weighted by Crippen LogP contribution is -2.59. The van der Waals surface area contributed by atoms with E-state index < -0.39 is 29.5 Å². The minimum atomic E-state index is -0.913. The van der Waals surface area contributed by atoms with Gasteiger partial charge in [0.1, 0.15) is 17.8 Å². The maximum absolute atomic E-state index is 14.2. The zero-order valence-electron chi connectivity index (χ0n) is 35.5. The first-order valence-electron chi connectivity index (χ1n) is 20.6. The molecule has 0 bridgehead atoms. The van der Waals surface area contributed by atoms with Gasteiger partial charge < -0.3 is 35.4 Å².